The maximum absolute atomic E-state index is 10.1. The lowest BCUT2D eigenvalue weighted by molar-refractivity contribution is -0.140. The van der Waals surface area contributed by atoms with Crippen LogP contribution >= 0.6 is 8.69 Å². The molecule has 0 radical (unpaired) electrons. The van der Waals surface area contributed by atoms with E-state index in [2.05, 4.69) is 4.52 Å². The van der Waals surface area contributed by atoms with Gasteiger partial charge >= 0.3 is 14.7 Å². The minimum atomic E-state index is -0.955. The molecule has 0 heterocycles. The normalized spacial score (nSPS) is 11.8. The molecular weight excluding hydrogens is 155 g/mol. The molecule has 5 heteroatoms. The molecule has 0 rings (SSSR count). The summed E-state index contributed by atoms with van der Waals surface area (Å²) < 4.78 is 14.6. The van der Waals surface area contributed by atoms with Crippen LogP contribution in [0.4, 0.5) is 0 Å². The van der Waals surface area contributed by atoms with E-state index in [4.69, 9.17) is 5.11 Å². The monoisotopic (exact) mass is 165 g/mol. The first kappa shape index (κ1) is 9.53. The summed E-state index contributed by atoms with van der Waals surface area (Å²) in [5.74, 6) is -0.955. The molecule has 10 heavy (non-hydrogen) atoms. The van der Waals surface area contributed by atoms with Crippen molar-refractivity contribution < 1.29 is 19.0 Å². The van der Waals surface area contributed by atoms with Crippen molar-refractivity contribution in [2.24, 2.45) is 0 Å². The number of rotatable bonds is 4. The number of hydrogen-bond acceptors (Lipinski definition) is 3. The van der Waals surface area contributed by atoms with Crippen LogP contribution in [0.3, 0.4) is 0 Å². The van der Waals surface area contributed by atoms with Crippen LogP contribution in [0.15, 0.2) is 0 Å². The van der Waals surface area contributed by atoms with Gasteiger partial charge in [0.15, 0.2) is 0 Å². The molecule has 0 spiro atoms. The third kappa shape index (κ3) is 4.41. The summed E-state index contributed by atoms with van der Waals surface area (Å²) >= 11 is 0. The Bertz CT molecular complexity index is 143. The average Bonchev–Trinajstić information content (AvgIpc) is 1.59. The minimum absolute atomic E-state index is 0.137. The smallest absolute Gasteiger partial charge is 0.481 e. The Morgan fingerprint density at radius 2 is 2.20 bits per heavy atom. The number of carboxylic acid groups (broad SMARTS) is 1. The molecule has 0 fully saturated rings. The van der Waals surface area contributed by atoms with Gasteiger partial charge in [0, 0.05) is 0 Å². The van der Waals surface area contributed by atoms with Crippen LogP contribution in [0.2, 0.25) is 0 Å². The number of aliphatic carboxylic acids is 1. The molecule has 0 aromatic heterocycles. The predicted octanol–water partition coefficient (Wildman–Crippen LogP) is 1.20. The molecule has 1 unspecified atom stereocenters. The van der Waals surface area contributed by atoms with Gasteiger partial charge in [0.05, 0.1) is 6.42 Å². The highest BCUT2D eigenvalue weighted by atomic mass is 31.1. The van der Waals surface area contributed by atoms with Gasteiger partial charge in [0.2, 0.25) is 0 Å². The van der Waals surface area contributed by atoms with E-state index in [9.17, 15) is 9.36 Å². The summed E-state index contributed by atoms with van der Waals surface area (Å²) in [7, 11) is -0.905. The molecule has 1 N–H and O–H groups in total. The summed E-state index contributed by atoms with van der Waals surface area (Å²) in [6.45, 7) is 3.15. The van der Waals surface area contributed by atoms with Crippen LogP contribution in [0.5, 0.6) is 0 Å². The van der Waals surface area contributed by atoms with Crippen molar-refractivity contribution in [2.75, 3.05) is 0 Å². The lowest BCUT2D eigenvalue weighted by atomic mass is 10.1. The van der Waals surface area contributed by atoms with Gasteiger partial charge < -0.3 is 5.11 Å². The van der Waals surface area contributed by atoms with Crippen molar-refractivity contribution in [3.63, 3.8) is 0 Å². The van der Waals surface area contributed by atoms with E-state index >= 15 is 0 Å². The predicted molar refractivity (Wildman–Crippen MR) is 36.4 cm³/mol. The second-order valence-corrected chi connectivity index (χ2v) is 2.89. The zero-order chi connectivity index (χ0) is 8.20. The van der Waals surface area contributed by atoms with Gasteiger partial charge in [-0.05, 0) is 18.4 Å². The van der Waals surface area contributed by atoms with Gasteiger partial charge in [0.25, 0.3) is 0 Å². The van der Waals surface area contributed by atoms with Crippen molar-refractivity contribution >= 4 is 14.7 Å². The molecule has 0 aliphatic heterocycles. The first-order chi connectivity index (χ1) is 4.48. The molecule has 0 aromatic rings. The van der Waals surface area contributed by atoms with Crippen LogP contribution in [0, 0.1) is 0 Å². The molecule has 0 amide bonds. The van der Waals surface area contributed by atoms with E-state index < -0.39 is 20.3 Å². The second kappa shape index (κ2) is 3.64. The largest absolute Gasteiger partial charge is 0.494 e. The van der Waals surface area contributed by atoms with Gasteiger partial charge in [-0.15, -0.1) is 4.52 Å². The lowest BCUT2D eigenvalue weighted by Crippen LogP contribution is -2.24. The highest BCUT2D eigenvalue weighted by Gasteiger charge is 2.26. The lowest BCUT2D eigenvalue weighted by Gasteiger charge is -2.12. The van der Waals surface area contributed by atoms with Crippen LogP contribution in [-0.2, 0) is 13.9 Å². The molecule has 4 nitrogen and oxygen atoms in total. The summed E-state index contributed by atoms with van der Waals surface area (Å²) in [6.07, 6.45) is -0.137. The maximum Gasteiger partial charge on any atom is 0.494 e. The van der Waals surface area contributed by atoms with E-state index in [0.29, 0.717) is 0 Å². The molecule has 0 aliphatic rings. The second-order valence-electron chi connectivity index (χ2n) is 2.52. The van der Waals surface area contributed by atoms with Crippen molar-refractivity contribution in [2.45, 2.75) is 25.9 Å². The maximum atomic E-state index is 10.1. The van der Waals surface area contributed by atoms with E-state index in [1.807, 2.05) is 0 Å². The average molecular weight is 165 g/mol. The van der Waals surface area contributed by atoms with E-state index in [-0.39, 0.29) is 6.42 Å². The molecule has 0 saturated carbocycles. The fraction of sp³-hybridized carbons (Fsp3) is 0.800. The Hall–Kier alpha value is -0.470. The first-order valence-corrected chi connectivity index (χ1v) is 3.56. The van der Waals surface area contributed by atoms with Crippen molar-refractivity contribution in [3.8, 4) is 0 Å². The van der Waals surface area contributed by atoms with Gasteiger partial charge in [0.1, 0.15) is 5.60 Å². The molecule has 0 bridgehead atoms. The molecule has 0 aromatic carbocycles. The number of carboxylic acids is 1. The number of hydrogen-bond donors (Lipinski definition) is 1. The highest BCUT2D eigenvalue weighted by Crippen LogP contribution is 2.19. The van der Waals surface area contributed by atoms with Gasteiger partial charge in [-0.25, -0.2) is 0 Å². The van der Waals surface area contributed by atoms with Gasteiger partial charge in [-0.3, -0.25) is 4.79 Å². The van der Waals surface area contributed by atoms with Crippen molar-refractivity contribution in [1.29, 1.82) is 0 Å². The number of carbonyl (C=O) groups is 1. The van der Waals surface area contributed by atoms with Gasteiger partial charge in [-0.2, -0.15) is 0 Å². The summed E-state index contributed by atoms with van der Waals surface area (Å²) in [6, 6.07) is 0. The Balaban J connectivity index is 3.85. The van der Waals surface area contributed by atoms with Crippen molar-refractivity contribution in [3.05, 3.63) is 0 Å². The fourth-order valence-corrected chi connectivity index (χ4v) is 0.811. The molecule has 0 saturated heterocycles. The first-order valence-electron chi connectivity index (χ1n) is 2.75. The zero-order valence-electron chi connectivity index (χ0n) is 5.88. The fourth-order valence-electron chi connectivity index (χ4n) is 0.513. The summed E-state index contributed by atoms with van der Waals surface area (Å²) in [5, 5.41) is 8.30. The Kier molecular flexibility index (Phi) is 3.47. The molecule has 1 atom stereocenters. The zero-order valence-corrected chi connectivity index (χ0v) is 6.88. The molecular formula is C5H10O4P+. The molecule has 58 valence electrons. The Morgan fingerprint density at radius 1 is 1.70 bits per heavy atom. The standard InChI is InChI=1S/C5H9O4P/c1-5(2,9-10-8)3-4(6)7/h10H,3H2,1-2H3/p+1. The highest BCUT2D eigenvalue weighted by molar-refractivity contribution is 7.17. The summed E-state index contributed by atoms with van der Waals surface area (Å²) in [5.41, 5.74) is -0.827. The molecule has 0 aliphatic carbocycles. The topological polar surface area (TPSA) is 63.6 Å². The van der Waals surface area contributed by atoms with Crippen LogP contribution in [0.25, 0.3) is 0 Å². The van der Waals surface area contributed by atoms with E-state index in [1.165, 1.54) is 0 Å². The van der Waals surface area contributed by atoms with Gasteiger partial charge in [-0.1, -0.05) is 0 Å². The Morgan fingerprint density at radius 3 is 2.50 bits per heavy atom. The summed E-state index contributed by atoms with van der Waals surface area (Å²) in [4.78, 5) is 10.1. The minimum Gasteiger partial charge on any atom is -0.481 e. The van der Waals surface area contributed by atoms with E-state index in [1.54, 1.807) is 13.8 Å². The third-order valence-electron chi connectivity index (χ3n) is 0.895. The van der Waals surface area contributed by atoms with Crippen molar-refractivity contribution in [1.82, 2.24) is 0 Å². The van der Waals surface area contributed by atoms with Crippen LogP contribution < -0.4 is 0 Å². The van der Waals surface area contributed by atoms with Crippen LogP contribution in [-0.4, -0.2) is 16.7 Å². The SMILES string of the molecule is CC(C)(CC(=O)O)O[PH+]=O. The van der Waals surface area contributed by atoms with Crippen LogP contribution in [0.1, 0.15) is 20.3 Å². The quantitative estimate of drug-likeness (QED) is 0.635. The third-order valence-corrected chi connectivity index (χ3v) is 1.53. The van der Waals surface area contributed by atoms with E-state index in [0.717, 1.165) is 0 Å². The Labute approximate surface area is 60.5 Å².